The zero-order valence-electron chi connectivity index (χ0n) is 19.7. The van der Waals surface area contributed by atoms with Crippen LogP contribution in [0, 0.1) is 0 Å². The molecule has 6 heteroatoms. The molecule has 0 unspecified atom stereocenters. The number of nitrogens with one attached hydrogen (secondary N) is 1. The van der Waals surface area contributed by atoms with Crippen molar-refractivity contribution in [1.82, 2.24) is 10.2 Å². The molecule has 34 heavy (non-hydrogen) atoms. The predicted molar refractivity (Wildman–Crippen MR) is 139 cm³/mol. The molecule has 3 rings (SSSR count). The van der Waals surface area contributed by atoms with Crippen LogP contribution in [0.15, 0.2) is 78.9 Å². The second-order valence-electron chi connectivity index (χ2n) is 9.36. The molecule has 0 aliphatic rings. The second-order valence-corrected chi connectivity index (χ2v) is 10.2. The smallest absolute Gasteiger partial charge is 0.243 e. The van der Waals surface area contributed by atoms with Gasteiger partial charge in [-0.1, -0.05) is 83.9 Å². The lowest BCUT2D eigenvalue weighted by molar-refractivity contribution is -0.141. The molecule has 0 heterocycles. The van der Waals surface area contributed by atoms with Crippen LogP contribution in [0.3, 0.4) is 0 Å². The molecule has 0 bridgehead atoms. The molecule has 1 N–H and O–H groups in total. The van der Waals surface area contributed by atoms with E-state index in [9.17, 15) is 9.59 Å². The summed E-state index contributed by atoms with van der Waals surface area (Å²) >= 11 is 12.5. The quantitative estimate of drug-likeness (QED) is 0.410. The van der Waals surface area contributed by atoms with Gasteiger partial charge in [-0.15, -0.1) is 0 Å². The van der Waals surface area contributed by atoms with E-state index >= 15 is 0 Å². The molecule has 0 aliphatic carbocycles. The SMILES string of the molecule is CC(C)(C)NC(=O)[C@H](Cc1ccccc1)N(Cc1ccccc1Cl)C(=O)Cc1ccc(Cl)cc1. The summed E-state index contributed by atoms with van der Waals surface area (Å²) < 4.78 is 0. The molecule has 0 aromatic heterocycles. The lowest BCUT2D eigenvalue weighted by Crippen LogP contribution is -2.54. The largest absolute Gasteiger partial charge is 0.350 e. The number of carbonyl (C=O) groups is 2. The van der Waals surface area contributed by atoms with Gasteiger partial charge in [0.2, 0.25) is 11.8 Å². The maximum absolute atomic E-state index is 13.7. The van der Waals surface area contributed by atoms with Crippen LogP contribution in [-0.2, 0) is 29.0 Å². The molecular weight excluding hydrogens is 467 g/mol. The summed E-state index contributed by atoms with van der Waals surface area (Å²) in [6.45, 7) is 6.01. The number of hydrogen-bond donors (Lipinski definition) is 1. The van der Waals surface area contributed by atoms with Crippen molar-refractivity contribution in [1.29, 1.82) is 0 Å². The molecule has 0 aliphatic heterocycles. The van der Waals surface area contributed by atoms with Crippen LogP contribution in [0.5, 0.6) is 0 Å². The van der Waals surface area contributed by atoms with Gasteiger partial charge in [0, 0.05) is 28.5 Å². The van der Waals surface area contributed by atoms with E-state index in [1.54, 1.807) is 23.1 Å². The third-order valence-electron chi connectivity index (χ3n) is 5.34. The highest BCUT2D eigenvalue weighted by Gasteiger charge is 2.32. The first kappa shape index (κ1) is 25.8. The van der Waals surface area contributed by atoms with Crippen molar-refractivity contribution in [2.75, 3.05) is 0 Å². The fraction of sp³-hybridized carbons (Fsp3) is 0.286. The van der Waals surface area contributed by atoms with Crippen LogP contribution in [0.1, 0.15) is 37.5 Å². The molecule has 1 atom stereocenters. The molecule has 0 spiro atoms. The van der Waals surface area contributed by atoms with Gasteiger partial charge in [0.05, 0.1) is 6.42 Å². The van der Waals surface area contributed by atoms with Crippen molar-refractivity contribution in [2.45, 2.75) is 51.7 Å². The Balaban J connectivity index is 1.99. The Morgan fingerprint density at radius 1 is 0.853 bits per heavy atom. The van der Waals surface area contributed by atoms with E-state index in [-0.39, 0.29) is 24.8 Å². The molecule has 0 saturated heterocycles. The highest BCUT2D eigenvalue weighted by Crippen LogP contribution is 2.22. The van der Waals surface area contributed by atoms with E-state index in [2.05, 4.69) is 5.32 Å². The summed E-state index contributed by atoms with van der Waals surface area (Å²) in [5.41, 5.74) is 2.14. The van der Waals surface area contributed by atoms with Crippen LogP contribution in [0.4, 0.5) is 0 Å². The maximum Gasteiger partial charge on any atom is 0.243 e. The second kappa shape index (κ2) is 11.5. The van der Waals surface area contributed by atoms with Gasteiger partial charge in [0.15, 0.2) is 0 Å². The number of nitrogens with zero attached hydrogens (tertiary/aromatic N) is 1. The highest BCUT2D eigenvalue weighted by atomic mass is 35.5. The highest BCUT2D eigenvalue weighted by molar-refractivity contribution is 6.31. The van der Waals surface area contributed by atoms with Crippen LogP contribution in [-0.4, -0.2) is 28.3 Å². The average molecular weight is 497 g/mol. The van der Waals surface area contributed by atoms with Crippen molar-refractivity contribution in [2.24, 2.45) is 0 Å². The number of carbonyl (C=O) groups excluding carboxylic acids is 2. The maximum atomic E-state index is 13.7. The van der Waals surface area contributed by atoms with Gasteiger partial charge in [-0.05, 0) is 55.7 Å². The number of amides is 2. The summed E-state index contributed by atoms with van der Waals surface area (Å²) in [5, 5.41) is 4.23. The average Bonchev–Trinajstić information content (AvgIpc) is 2.78. The molecule has 178 valence electrons. The van der Waals surface area contributed by atoms with Gasteiger partial charge < -0.3 is 10.2 Å². The summed E-state index contributed by atoms with van der Waals surface area (Å²) in [7, 11) is 0. The number of rotatable bonds is 8. The Kier molecular flexibility index (Phi) is 8.76. The third-order valence-corrected chi connectivity index (χ3v) is 5.96. The summed E-state index contributed by atoms with van der Waals surface area (Å²) in [5.74, 6) is -0.361. The van der Waals surface area contributed by atoms with E-state index in [1.807, 2.05) is 81.4 Å². The van der Waals surface area contributed by atoms with Crippen molar-refractivity contribution in [3.8, 4) is 0 Å². The van der Waals surface area contributed by atoms with Crippen molar-refractivity contribution in [3.05, 3.63) is 106 Å². The van der Waals surface area contributed by atoms with Gasteiger partial charge in [-0.2, -0.15) is 0 Å². The lowest BCUT2D eigenvalue weighted by atomic mass is 10.00. The standard InChI is InChI=1S/C28H30Cl2N2O2/c1-28(2,3)31-27(34)25(17-20-9-5-4-6-10-20)32(19-22-11-7-8-12-24(22)30)26(33)18-21-13-15-23(29)16-14-21/h4-16,25H,17-19H2,1-3H3,(H,31,34)/t25-/m0/s1. The van der Waals surface area contributed by atoms with Crippen LogP contribution in [0.25, 0.3) is 0 Å². The van der Waals surface area contributed by atoms with Gasteiger partial charge >= 0.3 is 0 Å². The Hall–Kier alpha value is -2.82. The van der Waals surface area contributed by atoms with E-state index < -0.39 is 11.6 Å². The Morgan fingerprint density at radius 2 is 1.47 bits per heavy atom. The molecule has 0 radical (unpaired) electrons. The molecule has 3 aromatic carbocycles. The first-order valence-corrected chi connectivity index (χ1v) is 12.0. The van der Waals surface area contributed by atoms with Crippen LogP contribution >= 0.6 is 23.2 Å². The van der Waals surface area contributed by atoms with Crippen molar-refractivity contribution in [3.63, 3.8) is 0 Å². The van der Waals surface area contributed by atoms with Gasteiger partial charge in [-0.3, -0.25) is 9.59 Å². The van der Waals surface area contributed by atoms with E-state index in [0.717, 1.165) is 16.7 Å². The molecule has 0 saturated carbocycles. The fourth-order valence-electron chi connectivity index (χ4n) is 3.70. The molecular formula is C28H30Cl2N2O2. The Labute approximate surface area is 211 Å². The van der Waals surface area contributed by atoms with Gasteiger partial charge in [0.25, 0.3) is 0 Å². The minimum atomic E-state index is -0.710. The molecule has 0 fully saturated rings. The minimum Gasteiger partial charge on any atom is -0.350 e. The molecule has 3 aromatic rings. The first-order valence-electron chi connectivity index (χ1n) is 11.3. The monoisotopic (exact) mass is 496 g/mol. The van der Waals surface area contributed by atoms with E-state index in [0.29, 0.717) is 16.5 Å². The normalized spacial score (nSPS) is 12.1. The van der Waals surface area contributed by atoms with Crippen molar-refractivity contribution < 1.29 is 9.59 Å². The Morgan fingerprint density at radius 3 is 2.09 bits per heavy atom. The topological polar surface area (TPSA) is 49.4 Å². The third kappa shape index (κ3) is 7.61. The summed E-state index contributed by atoms with van der Waals surface area (Å²) in [6.07, 6.45) is 0.537. The summed E-state index contributed by atoms with van der Waals surface area (Å²) in [6, 6.07) is 23.6. The Bertz CT molecular complexity index is 1110. The number of halogens is 2. The van der Waals surface area contributed by atoms with E-state index in [4.69, 9.17) is 23.2 Å². The van der Waals surface area contributed by atoms with Crippen molar-refractivity contribution >= 4 is 35.0 Å². The van der Waals surface area contributed by atoms with Gasteiger partial charge in [0.1, 0.15) is 6.04 Å². The molecule has 4 nitrogen and oxygen atoms in total. The zero-order chi connectivity index (χ0) is 24.7. The molecule has 2 amide bonds. The van der Waals surface area contributed by atoms with Gasteiger partial charge in [-0.25, -0.2) is 0 Å². The van der Waals surface area contributed by atoms with Crippen LogP contribution < -0.4 is 5.32 Å². The fourth-order valence-corrected chi connectivity index (χ4v) is 4.02. The summed E-state index contributed by atoms with van der Waals surface area (Å²) in [4.78, 5) is 28.9. The van der Waals surface area contributed by atoms with E-state index in [1.165, 1.54) is 0 Å². The first-order chi connectivity index (χ1) is 16.1. The number of hydrogen-bond acceptors (Lipinski definition) is 2. The minimum absolute atomic E-state index is 0.149. The predicted octanol–water partition coefficient (Wildman–Crippen LogP) is 6.09. The number of benzene rings is 3. The zero-order valence-corrected chi connectivity index (χ0v) is 21.2. The lowest BCUT2D eigenvalue weighted by Gasteiger charge is -2.34. The van der Waals surface area contributed by atoms with Crippen LogP contribution in [0.2, 0.25) is 10.0 Å².